The van der Waals surface area contributed by atoms with Gasteiger partial charge in [0, 0.05) is 12.8 Å². The maximum absolute atomic E-state index is 12.6. The molecular weight excluding hydrogens is 1190 g/mol. The van der Waals surface area contributed by atoms with Crippen LogP contribution in [0.4, 0.5) is 0 Å². The van der Waals surface area contributed by atoms with Gasteiger partial charge in [0.1, 0.15) is 0 Å². The lowest BCUT2D eigenvalue weighted by Gasteiger charge is -2.20. The fourth-order valence-corrected chi connectivity index (χ4v) is 14.3. The molecule has 0 saturated heterocycles. The highest BCUT2D eigenvalue weighted by Gasteiger charge is 2.18. The van der Waals surface area contributed by atoms with E-state index in [1.54, 1.807) is 6.08 Å². The fraction of sp³-hybridized carbons (Fsp3) is 0.912. The molecule has 0 spiro atoms. The second kappa shape index (κ2) is 86.5. The standard InChI is InChI=1S/C91H175NO5/c1-3-5-7-9-11-13-15-17-19-21-22-23-24-42-45-48-52-55-59-63-67-71-75-79-83-89(94)88(87-93)92-90(95)84-80-76-72-68-64-60-56-53-49-46-43-40-38-36-34-32-30-28-26-25-27-29-31-33-35-37-39-41-44-47-50-54-58-62-66-70-74-78-82-86-97-91(96)85-81-77-73-69-65-61-57-51-20-18-16-14-12-10-8-6-4-2/h18,20,25-26,79,83,88-89,93-94H,3-17,19,21-24,27-78,80-82,84-87H2,1-2H3,(H,92,95)/b20-18-,26-25-,83-79+. The first kappa shape index (κ1) is 95.1. The number of hydrogen-bond acceptors (Lipinski definition) is 5. The van der Waals surface area contributed by atoms with Crippen LogP contribution in [0.1, 0.15) is 508 Å². The quantitative estimate of drug-likeness (QED) is 0.0320. The largest absolute Gasteiger partial charge is 0.466 e. The highest BCUT2D eigenvalue weighted by molar-refractivity contribution is 5.76. The number of aliphatic hydroxyl groups is 2. The molecule has 0 aromatic heterocycles. The van der Waals surface area contributed by atoms with Crippen molar-refractivity contribution >= 4 is 11.9 Å². The summed E-state index contributed by atoms with van der Waals surface area (Å²) < 4.78 is 5.51. The van der Waals surface area contributed by atoms with Crippen molar-refractivity contribution in [2.75, 3.05) is 13.2 Å². The molecule has 6 nitrogen and oxygen atoms in total. The first-order chi connectivity index (χ1) is 48.0. The molecule has 0 aliphatic carbocycles. The van der Waals surface area contributed by atoms with E-state index in [9.17, 15) is 19.8 Å². The lowest BCUT2D eigenvalue weighted by atomic mass is 10.0. The number of carbonyl (C=O) groups excluding carboxylic acids is 2. The summed E-state index contributed by atoms with van der Waals surface area (Å²) in [4.78, 5) is 24.7. The minimum Gasteiger partial charge on any atom is -0.466 e. The fourth-order valence-electron chi connectivity index (χ4n) is 14.3. The van der Waals surface area contributed by atoms with E-state index in [4.69, 9.17) is 4.74 Å². The molecule has 97 heavy (non-hydrogen) atoms. The number of allylic oxidation sites excluding steroid dienone is 5. The summed E-state index contributed by atoms with van der Waals surface area (Å²) in [5.74, 6) is -0.0380. The van der Waals surface area contributed by atoms with Gasteiger partial charge in [-0.15, -0.1) is 0 Å². The van der Waals surface area contributed by atoms with Crippen LogP contribution in [-0.2, 0) is 14.3 Å². The number of aliphatic hydroxyl groups excluding tert-OH is 2. The van der Waals surface area contributed by atoms with Crippen LogP contribution in [0.15, 0.2) is 36.5 Å². The Morgan fingerprint density at radius 3 is 0.732 bits per heavy atom. The van der Waals surface area contributed by atoms with Gasteiger partial charge in [0.2, 0.25) is 5.91 Å². The Hall–Kier alpha value is -1.92. The smallest absolute Gasteiger partial charge is 0.305 e. The summed E-state index contributed by atoms with van der Waals surface area (Å²) in [5, 5.41) is 23.3. The predicted octanol–water partition coefficient (Wildman–Crippen LogP) is 30.1. The Morgan fingerprint density at radius 2 is 0.485 bits per heavy atom. The first-order valence-electron chi connectivity index (χ1n) is 44.8. The highest BCUT2D eigenvalue weighted by Crippen LogP contribution is 2.21. The van der Waals surface area contributed by atoms with Gasteiger partial charge < -0.3 is 20.3 Å². The average Bonchev–Trinajstić information content (AvgIpc) is 2.53. The number of carbonyl (C=O) groups is 2. The summed E-state index contributed by atoms with van der Waals surface area (Å²) in [6.07, 6.45) is 115. The Morgan fingerprint density at radius 1 is 0.278 bits per heavy atom. The van der Waals surface area contributed by atoms with Crippen LogP contribution in [0, 0.1) is 0 Å². The topological polar surface area (TPSA) is 95.9 Å². The molecule has 0 rings (SSSR count). The van der Waals surface area contributed by atoms with E-state index in [2.05, 4.69) is 43.5 Å². The normalized spacial score (nSPS) is 12.6. The molecule has 574 valence electrons. The summed E-state index contributed by atoms with van der Waals surface area (Å²) in [6.45, 7) is 4.96. The van der Waals surface area contributed by atoms with Gasteiger partial charge in [-0.05, 0) is 83.5 Å². The second-order valence-electron chi connectivity index (χ2n) is 30.9. The van der Waals surface area contributed by atoms with Crippen LogP contribution in [0.3, 0.4) is 0 Å². The SMILES string of the molecule is CCCCCCCC/C=C\CCCCCCCCCC(=O)OCCCCCCCCCCCCCCCCCCCC/C=C\CCCCCCCCCCCCCCCCCCCC(=O)NC(CO)C(O)/C=C/CCCCCCCCCCCCCCCCCCCCCCCC. The maximum Gasteiger partial charge on any atom is 0.305 e. The van der Waals surface area contributed by atoms with Crippen LogP contribution in [0.5, 0.6) is 0 Å². The van der Waals surface area contributed by atoms with E-state index in [0.717, 1.165) is 38.5 Å². The van der Waals surface area contributed by atoms with Gasteiger partial charge in [0.15, 0.2) is 0 Å². The molecule has 0 saturated carbocycles. The van der Waals surface area contributed by atoms with E-state index in [1.165, 1.54) is 443 Å². The number of esters is 1. The molecule has 0 heterocycles. The van der Waals surface area contributed by atoms with Gasteiger partial charge in [-0.1, -0.05) is 448 Å². The number of ether oxygens (including phenoxy) is 1. The molecular formula is C91H175NO5. The summed E-state index contributed by atoms with van der Waals surface area (Å²) in [5.41, 5.74) is 0. The Bertz CT molecular complexity index is 1570. The highest BCUT2D eigenvalue weighted by atomic mass is 16.5. The van der Waals surface area contributed by atoms with Crippen molar-refractivity contribution in [2.24, 2.45) is 0 Å². The zero-order valence-electron chi connectivity index (χ0n) is 66.1. The second-order valence-corrected chi connectivity index (χ2v) is 30.9. The van der Waals surface area contributed by atoms with E-state index in [0.29, 0.717) is 19.4 Å². The molecule has 0 fully saturated rings. The maximum atomic E-state index is 12.6. The predicted molar refractivity (Wildman–Crippen MR) is 430 cm³/mol. The number of amides is 1. The molecule has 1 amide bonds. The van der Waals surface area contributed by atoms with Crippen LogP contribution in [0.25, 0.3) is 0 Å². The van der Waals surface area contributed by atoms with Crippen molar-refractivity contribution in [2.45, 2.75) is 520 Å². The molecule has 0 aromatic rings. The third-order valence-corrected chi connectivity index (χ3v) is 21.1. The monoisotopic (exact) mass is 1360 g/mol. The molecule has 0 bridgehead atoms. The van der Waals surface area contributed by atoms with E-state index < -0.39 is 12.1 Å². The van der Waals surface area contributed by atoms with Crippen LogP contribution >= 0.6 is 0 Å². The zero-order chi connectivity index (χ0) is 69.8. The van der Waals surface area contributed by atoms with Gasteiger partial charge in [0.05, 0.1) is 25.4 Å². The van der Waals surface area contributed by atoms with Gasteiger partial charge >= 0.3 is 5.97 Å². The minimum absolute atomic E-state index is 0.0200. The van der Waals surface area contributed by atoms with Crippen molar-refractivity contribution < 1.29 is 24.5 Å². The minimum atomic E-state index is -0.843. The molecule has 2 atom stereocenters. The number of rotatable bonds is 85. The van der Waals surface area contributed by atoms with Crippen molar-refractivity contribution in [1.29, 1.82) is 0 Å². The van der Waals surface area contributed by atoms with Crippen molar-refractivity contribution in [3.05, 3.63) is 36.5 Å². The Labute approximate surface area is 608 Å². The lowest BCUT2D eigenvalue weighted by Crippen LogP contribution is -2.45. The Kier molecular flexibility index (Phi) is 84.8. The average molecular weight is 1360 g/mol. The Balaban J connectivity index is 3.34. The molecule has 0 aliphatic heterocycles. The third kappa shape index (κ3) is 82.9. The number of hydrogen-bond donors (Lipinski definition) is 3. The molecule has 0 aromatic carbocycles. The van der Waals surface area contributed by atoms with Crippen LogP contribution in [-0.4, -0.2) is 47.4 Å². The van der Waals surface area contributed by atoms with E-state index >= 15 is 0 Å². The van der Waals surface area contributed by atoms with Crippen molar-refractivity contribution in [3.63, 3.8) is 0 Å². The van der Waals surface area contributed by atoms with Crippen molar-refractivity contribution in [1.82, 2.24) is 5.32 Å². The molecule has 6 heteroatoms. The molecule has 3 N–H and O–H groups in total. The number of nitrogens with one attached hydrogen (secondary N) is 1. The van der Waals surface area contributed by atoms with Gasteiger partial charge in [-0.3, -0.25) is 9.59 Å². The van der Waals surface area contributed by atoms with Crippen molar-refractivity contribution in [3.8, 4) is 0 Å². The van der Waals surface area contributed by atoms with Gasteiger partial charge in [-0.25, -0.2) is 0 Å². The zero-order valence-corrected chi connectivity index (χ0v) is 66.1. The van der Waals surface area contributed by atoms with E-state index in [-0.39, 0.29) is 18.5 Å². The molecule has 0 aliphatic rings. The van der Waals surface area contributed by atoms with Crippen LogP contribution in [0.2, 0.25) is 0 Å². The molecule has 2 unspecified atom stereocenters. The number of unbranched alkanes of at least 4 members (excludes halogenated alkanes) is 70. The van der Waals surface area contributed by atoms with Gasteiger partial charge in [0.25, 0.3) is 0 Å². The summed E-state index contributed by atoms with van der Waals surface area (Å²) in [7, 11) is 0. The first-order valence-corrected chi connectivity index (χ1v) is 44.8. The molecule has 0 radical (unpaired) electrons. The van der Waals surface area contributed by atoms with Gasteiger partial charge in [-0.2, -0.15) is 0 Å². The summed E-state index contributed by atoms with van der Waals surface area (Å²) in [6, 6.07) is -0.626. The van der Waals surface area contributed by atoms with Crippen LogP contribution < -0.4 is 5.32 Å². The lowest BCUT2D eigenvalue weighted by molar-refractivity contribution is -0.143. The van der Waals surface area contributed by atoms with E-state index in [1.807, 2.05) is 6.08 Å². The third-order valence-electron chi connectivity index (χ3n) is 21.1. The summed E-state index contributed by atoms with van der Waals surface area (Å²) >= 11 is 0.